The number of fused-ring (bicyclic) bond motifs is 1. The van der Waals surface area contributed by atoms with Crippen molar-refractivity contribution in [3.63, 3.8) is 0 Å². The maximum absolute atomic E-state index is 12.6. The summed E-state index contributed by atoms with van der Waals surface area (Å²) >= 11 is 0. The fraction of sp³-hybridized carbons (Fsp3) is 0.333. The van der Waals surface area contributed by atoms with E-state index in [2.05, 4.69) is 5.32 Å². The summed E-state index contributed by atoms with van der Waals surface area (Å²) < 4.78 is 25.4. The van der Waals surface area contributed by atoms with Crippen molar-refractivity contribution >= 4 is 33.2 Å². The number of amides is 2. The molecule has 1 heterocycles. The van der Waals surface area contributed by atoms with E-state index in [4.69, 9.17) is 0 Å². The Bertz CT molecular complexity index is 1050. The molecule has 8 heteroatoms. The molecular weight excluding hydrogens is 390 g/mol. The fourth-order valence-electron chi connectivity index (χ4n) is 3.49. The number of hydrogen-bond donors (Lipinski definition) is 1. The van der Waals surface area contributed by atoms with Crippen LogP contribution in [-0.4, -0.2) is 51.5 Å². The van der Waals surface area contributed by atoms with E-state index in [1.54, 1.807) is 44.4 Å². The molecule has 0 radical (unpaired) electrons. The van der Waals surface area contributed by atoms with Crippen LogP contribution in [0.3, 0.4) is 0 Å². The molecule has 0 unspecified atom stereocenters. The number of carbonyl (C=O) groups excluding carboxylic acids is 2. The van der Waals surface area contributed by atoms with E-state index >= 15 is 0 Å². The highest BCUT2D eigenvalue weighted by Gasteiger charge is 2.32. The smallest absolute Gasteiger partial charge is 0.255 e. The number of rotatable bonds is 5. The minimum Gasteiger partial charge on any atom is -0.349 e. The van der Waals surface area contributed by atoms with Gasteiger partial charge in [0.2, 0.25) is 15.9 Å². The van der Waals surface area contributed by atoms with Gasteiger partial charge in [0, 0.05) is 31.4 Å². The molecule has 3 rings (SSSR count). The standard InChI is InChI=1S/C21H25N3O4S/c1-14-11-17-13-16(7-10-19(17)24(14)29(4,27)28)21(26)22-18-8-5-15(6-9-18)12-20(25)23(2)3/h5-10,13-14H,11-12H2,1-4H3,(H,22,26)/t14-/m1/s1. The van der Waals surface area contributed by atoms with Gasteiger partial charge >= 0.3 is 0 Å². The van der Waals surface area contributed by atoms with Crippen molar-refractivity contribution in [3.05, 3.63) is 59.2 Å². The highest BCUT2D eigenvalue weighted by Crippen LogP contribution is 2.34. The molecule has 29 heavy (non-hydrogen) atoms. The Morgan fingerprint density at radius 2 is 1.79 bits per heavy atom. The number of sulfonamides is 1. The van der Waals surface area contributed by atoms with E-state index in [-0.39, 0.29) is 17.9 Å². The molecule has 1 atom stereocenters. The van der Waals surface area contributed by atoms with Crippen molar-refractivity contribution in [3.8, 4) is 0 Å². The van der Waals surface area contributed by atoms with Crippen LogP contribution in [0.2, 0.25) is 0 Å². The van der Waals surface area contributed by atoms with Gasteiger partial charge in [-0.05, 0) is 54.8 Å². The Hall–Kier alpha value is -2.87. The number of benzene rings is 2. The van der Waals surface area contributed by atoms with Crippen LogP contribution in [0.15, 0.2) is 42.5 Å². The second-order valence-electron chi connectivity index (χ2n) is 7.57. The van der Waals surface area contributed by atoms with Gasteiger partial charge in [-0.15, -0.1) is 0 Å². The Morgan fingerprint density at radius 1 is 1.14 bits per heavy atom. The van der Waals surface area contributed by atoms with E-state index in [0.717, 1.165) is 11.1 Å². The second-order valence-corrected chi connectivity index (χ2v) is 9.43. The molecule has 154 valence electrons. The summed E-state index contributed by atoms with van der Waals surface area (Å²) in [6.07, 6.45) is 2.06. The van der Waals surface area contributed by atoms with Crippen molar-refractivity contribution in [2.45, 2.75) is 25.8 Å². The Labute approximate surface area is 171 Å². The summed E-state index contributed by atoms with van der Waals surface area (Å²) in [7, 11) is 0.0642. The van der Waals surface area contributed by atoms with E-state index in [1.807, 2.05) is 19.1 Å². The minimum absolute atomic E-state index is 0.0114. The molecule has 1 aliphatic heterocycles. The van der Waals surface area contributed by atoms with Crippen LogP contribution < -0.4 is 9.62 Å². The van der Waals surface area contributed by atoms with Crippen LogP contribution in [0, 0.1) is 0 Å². The van der Waals surface area contributed by atoms with Crippen molar-refractivity contribution < 1.29 is 18.0 Å². The fourth-order valence-corrected chi connectivity index (χ4v) is 4.75. The lowest BCUT2D eigenvalue weighted by atomic mass is 10.1. The largest absolute Gasteiger partial charge is 0.349 e. The molecule has 0 saturated heterocycles. The topological polar surface area (TPSA) is 86.8 Å². The van der Waals surface area contributed by atoms with Crippen LogP contribution in [-0.2, 0) is 27.7 Å². The average Bonchev–Trinajstić information content (AvgIpc) is 2.98. The molecule has 0 aliphatic carbocycles. The van der Waals surface area contributed by atoms with Gasteiger partial charge in [0.1, 0.15) is 0 Å². The molecular formula is C21H25N3O4S. The van der Waals surface area contributed by atoms with Crippen molar-refractivity contribution in [2.75, 3.05) is 30.0 Å². The highest BCUT2D eigenvalue weighted by molar-refractivity contribution is 7.92. The molecule has 0 spiro atoms. The average molecular weight is 416 g/mol. The van der Waals surface area contributed by atoms with Gasteiger partial charge in [-0.25, -0.2) is 8.42 Å². The highest BCUT2D eigenvalue weighted by atomic mass is 32.2. The summed E-state index contributed by atoms with van der Waals surface area (Å²) in [4.78, 5) is 25.9. The molecule has 2 aromatic carbocycles. The maximum Gasteiger partial charge on any atom is 0.255 e. The molecule has 0 aromatic heterocycles. The molecule has 0 bridgehead atoms. The van der Waals surface area contributed by atoms with Gasteiger partial charge in [-0.1, -0.05) is 12.1 Å². The van der Waals surface area contributed by atoms with Crippen molar-refractivity contribution in [1.29, 1.82) is 0 Å². The van der Waals surface area contributed by atoms with Gasteiger partial charge in [0.25, 0.3) is 5.91 Å². The maximum atomic E-state index is 12.6. The number of hydrogen-bond acceptors (Lipinski definition) is 4. The van der Waals surface area contributed by atoms with Crippen LogP contribution in [0.4, 0.5) is 11.4 Å². The first-order valence-electron chi connectivity index (χ1n) is 9.29. The van der Waals surface area contributed by atoms with Gasteiger partial charge in [0.15, 0.2) is 0 Å². The predicted octanol–water partition coefficient (Wildman–Crippen LogP) is 2.28. The number of anilines is 2. The molecule has 0 saturated carbocycles. The third-order valence-electron chi connectivity index (χ3n) is 4.92. The van der Waals surface area contributed by atoms with E-state index in [9.17, 15) is 18.0 Å². The Kier molecular flexibility index (Phi) is 5.66. The first-order valence-corrected chi connectivity index (χ1v) is 11.1. The Morgan fingerprint density at radius 3 is 2.38 bits per heavy atom. The zero-order valence-corrected chi connectivity index (χ0v) is 17.8. The minimum atomic E-state index is -3.36. The van der Waals surface area contributed by atoms with E-state index < -0.39 is 10.0 Å². The molecule has 2 aromatic rings. The van der Waals surface area contributed by atoms with Crippen LogP contribution in [0.1, 0.15) is 28.4 Å². The summed E-state index contributed by atoms with van der Waals surface area (Å²) in [5.74, 6) is -0.257. The van der Waals surface area contributed by atoms with Gasteiger partial charge in [-0.2, -0.15) is 0 Å². The lowest BCUT2D eigenvalue weighted by molar-refractivity contribution is -0.127. The summed E-state index contributed by atoms with van der Waals surface area (Å²) in [5, 5.41) is 2.84. The lowest BCUT2D eigenvalue weighted by Gasteiger charge is -2.21. The molecule has 1 aliphatic rings. The molecule has 7 nitrogen and oxygen atoms in total. The third-order valence-corrected chi connectivity index (χ3v) is 6.19. The van der Waals surface area contributed by atoms with Gasteiger partial charge in [0.05, 0.1) is 18.4 Å². The third kappa shape index (κ3) is 4.59. The summed E-state index contributed by atoms with van der Waals surface area (Å²) in [6.45, 7) is 1.85. The second kappa shape index (κ2) is 7.87. The van der Waals surface area contributed by atoms with E-state index in [0.29, 0.717) is 29.8 Å². The SMILES string of the molecule is C[C@@H]1Cc2cc(C(=O)Nc3ccc(CC(=O)N(C)C)cc3)ccc2N1S(C)(=O)=O. The zero-order chi connectivity index (χ0) is 21.3. The van der Waals surface area contributed by atoms with Crippen molar-refractivity contribution in [1.82, 2.24) is 4.90 Å². The number of nitrogens with one attached hydrogen (secondary N) is 1. The monoisotopic (exact) mass is 415 g/mol. The van der Waals surface area contributed by atoms with E-state index in [1.165, 1.54) is 15.5 Å². The molecule has 1 N–H and O–H groups in total. The van der Waals surface area contributed by atoms with Crippen molar-refractivity contribution in [2.24, 2.45) is 0 Å². The summed E-state index contributed by atoms with van der Waals surface area (Å²) in [6, 6.07) is 12.0. The first kappa shape index (κ1) is 20.9. The van der Waals surface area contributed by atoms with Gasteiger partial charge < -0.3 is 10.2 Å². The van der Waals surface area contributed by atoms with Crippen LogP contribution >= 0.6 is 0 Å². The van der Waals surface area contributed by atoms with Gasteiger partial charge in [-0.3, -0.25) is 13.9 Å². The number of carbonyl (C=O) groups is 2. The zero-order valence-electron chi connectivity index (χ0n) is 17.0. The molecule has 0 fully saturated rings. The predicted molar refractivity (Wildman–Crippen MR) is 114 cm³/mol. The number of nitrogens with zero attached hydrogens (tertiary/aromatic N) is 2. The molecule has 2 amide bonds. The quantitative estimate of drug-likeness (QED) is 0.812. The summed E-state index contributed by atoms with van der Waals surface area (Å²) in [5.41, 5.74) is 3.44. The number of likely N-dealkylation sites (N-methyl/N-ethyl adjacent to an activating group) is 1. The Balaban J connectivity index is 1.72. The lowest BCUT2D eigenvalue weighted by Crippen LogP contribution is -2.34. The van der Waals surface area contributed by atoms with Crippen LogP contribution in [0.5, 0.6) is 0 Å². The van der Waals surface area contributed by atoms with Crippen LogP contribution in [0.25, 0.3) is 0 Å². The first-order chi connectivity index (χ1) is 13.6. The normalized spacial score (nSPS) is 15.7.